The number of methoxy groups -OCH3 is 1. The number of nitrogens with zero attached hydrogens (tertiary/aromatic N) is 4. The molecule has 2 aromatic carbocycles. The first-order chi connectivity index (χ1) is 21.2. The van der Waals surface area contributed by atoms with Gasteiger partial charge < -0.3 is 30.2 Å². The highest BCUT2D eigenvalue weighted by molar-refractivity contribution is 7.98. The number of hydrogen-bond donors (Lipinski definition) is 5. The lowest BCUT2D eigenvalue weighted by molar-refractivity contribution is -0.385. The largest absolute Gasteiger partial charge is 0.480 e. The van der Waals surface area contributed by atoms with Crippen LogP contribution in [0.3, 0.4) is 0 Å². The second-order valence-electron chi connectivity index (χ2n) is 9.71. The summed E-state index contributed by atoms with van der Waals surface area (Å²) in [5.74, 6) is 4.10. The van der Waals surface area contributed by atoms with Crippen LogP contribution in [0.4, 0.5) is 5.69 Å². The first-order valence-corrected chi connectivity index (χ1v) is 16.3. The molecule has 0 aliphatic rings. The van der Waals surface area contributed by atoms with Gasteiger partial charge in [-0.3, -0.25) is 29.6 Å². The zero-order chi connectivity index (χ0) is 35.4. The van der Waals surface area contributed by atoms with Crippen molar-refractivity contribution in [1.29, 1.82) is 0 Å². The van der Waals surface area contributed by atoms with Crippen molar-refractivity contribution in [3.8, 4) is 11.5 Å². The van der Waals surface area contributed by atoms with Crippen LogP contribution in [0.2, 0.25) is 10.0 Å². The van der Waals surface area contributed by atoms with Gasteiger partial charge in [0.2, 0.25) is 5.16 Å². The number of carboxylic acids is 1. The highest BCUT2D eigenvalue weighted by atomic mass is 35.5. The molecule has 1 heterocycles. The summed E-state index contributed by atoms with van der Waals surface area (Å²) in [6, 6.07) is 8.35. The van der Waals surface area contributed by atoms with E-state index in [0.29, 0.717) is 21.6 Å². The molecule has 0 radical (unpaired) electrons. The Balaban J connectivity index is 0.000000379. The number of nitrogen functional groups attached to an aromatic ring is 1. The summed E-state index contributed by atoms with van der Waals surface area (Å²) >= 11 is 13.1. The fourth-order valence-electron chi connectivity index (χ4n) is 3.00. The number of carbonyl (C=O) groups is 2. The van der Waals surface area contributed by atoms with Crippen molar-refractivity contribution in [2.45, 2.75) is 31.3 Å². The number of carbonyl (C=O) groups excluding carboxylic acids is 1. The first kappa shape index (κ1) is 40.3. The second-order valence-corrected chi connectivity index (χ2v) is 13.0. The SMILES string of the molecule is COC(=O)c1cc(Oc2ccc(Cl)cc2Cl)ccc1[N+](=O)[O-].CSc1nnc(C(C)(C)C)c(=O)n1N.O=C(O)CNCP(=O)(O)O. The number of thioether (sulfide) groups is 1. The van der Waals surface area contributed by atoms with E-state index < -0.39 is 37.3 Å². The summed E-state index contributed by atoms with van der Waals surface area (Å²) in [5, 5.41) is 29.9. The van der Waals surface area contributed by atoms with Crippen LogP contribution in [-0.4, -0.2) is 72.8 Å². The molecule has 0 aliphatic carbocycles. The highest BCUT2D eigenvalue weighted by Crippen LogP contribution is 2.34. The predicted molar refractivity (Wildman–Crippen MR) is 170 cm³/mol. The van der Waals surface area contributed by atoms with Crippen molar-refractivity contribution in [2.24, 2.45) is 0 Å². The molecule has 0 spiro atoms. The van der Waals surface area contributed by atoms with Crippen molar-refractivity contribution < 1.29 is 43.4 Å². The number of aromatic nitrogens is 3. The molecular formula is C25H31Cl2N6O11PS. The van der Waals surface area contributed by atoms with Crippen molar-refractivity contribution in [2.75, 3.05) is 32.0 Å². The molecule has 6 N–H and O–H groups in total. The van der Waals surface area contributed by atoms with Crippen LogP contribution in [0.15, 0.2) is 46.3 Å². The van der Waals surface area contributed by atoms with Gasteiger partial charge in [-0.05, 0) is 30.5 Å². The molecule has 1 aromatic heterocycles. The lowest BCUT2D eigenvalue weighted by Crippen LogP contribution is -2.37. The Morgan fingerprint density at radius 2 is 1.80 bits per heavy atom. The van der Waals surface area contributed by atoms with Gasteiger partial charge >= 0.3 is 19.5 Å². The van der Waals surface area contributed by atoms with Crippen LogP contribution in [0.1, 0.15) is 36.8 Å². The monoisotopic (exact) mass is 724 g/mol. The van der Waals surface area contributed by atoms with Crippen LogP contribution in [0.5, 0.6) is 11.5 Å². The number of benzene rings is 2. The number of ether oxygens (including phenoxy) is 2. The molecule has 21 heteroatoms. The number of nitrogens with two attached hydrogens (primary N) is 1. The molecular weight excluding hydrogens is 694 g/mol. The van der Waals surface area contributed by atoms with E-state index in [4.69, 9.17) is 48.7 Å². The minimum atomic E-state index is -4.10. The Bertz CT molecular complexity index is 1660. The van der Waals surface area contributed by atoms with E-state index in [1.807, 2.05) is 20.8 Å². The standard InChI is InChI=1S/C14H9Cl2NO5.C8H14N4OS.C3H8NO5P/c1-21-14(18)10-7-9(3-4-12(10)17(19)20)22-13-5-2-8(15)6-11(13)16;1-8(2,3)5-6(13)12(9)7(14-4)11-10-5;5-3(6)1-4-2-10(7,8)9/h2-7H,1H3;9H2,1-4H3;4H,1-2H2,(H,5,6)(H2,7,8,9). The molecule has 0 amide bonds. The van der Waals surface area contributed by atoms with Gasteiger partial charge in [0.25, 0.3) is 11.2 Å². The van der Waals surface area contributed by atoms with Gasteiger partial charge in [-0.1, -0.05) is 55.7 Å². The lowest BCUT2D eigenvalue weighted by Gasteiger charge is -2.16. The molecule has 3 rings (SSSR count). The van der Waals surface area contributed by atoms with Crippen LogP contribution in [0.25, 0.3) is 0 Å². The molecule has 0 aliphatic heterocycles. The van der Waals surface area contributed by atoms with E-state index >= 15 is 0 Å². The Morgan fingerprint density at radius 1 is 1.17 bits per heavy atom. The van der Waals surface area contributed by atoms with Crippen LogP contribution >= 0.6 is 42.6 Å². The van der Waals surface area contributed by atoms with Crippen molar-refractivity contribution in [3.63, 3.8) is 0 Å². The van der Waals surface area contributed by atoms with E-state index in [1.165, 1.54) is 30.0 Å². The number of hydrogen-bond acceptors (Lipinski definition) is 13. The summed E-state index contributed by atoms with van der Waals surface area (Å²) in [4.78, 5) is 59.7. The first-order valence-electron chi connectivity index (χ1n) is 12.5. The Labute approximate surface area is 276 Å². The maximum absolute atomic E-state index is 11.7. The third-order valence-electron chi connectivity index (χ3n) is 5.04. The minimum absolute atomic E-state index is 0.204. The van der Waals surface area contributed by atoms with Gasteiger partial charge in [-0.2, -0.15) is 4.68 Å². The predicted octanol–water partition coefficient (Wildman–Crippen LogP) is 3.65. The zero-order valence-electron chi connectivity index (χ0n) is 25.0. The van der Waals surface area contributed by atoms with Gasteiger partial charge in [0.1, 0.15) is 22.8 Å². The van der Waals surface area contributed by atoms with E-state index in [2.05, 4.69) is 20.3 Å². The number of carboxylic acid groups (broad SMARTS) is 1. The molecule has 46 heavy (non-hydrogen) atoms. The van der Waals surface area contributed by atoms with Crippen molar-refractivity contribution in [1.82, 2.24) is 20.2 Å². The fourth-order valence-corrected chi connectivity index (χ4v) is 4.25. The summed E-state index contributed by atoms with van der Waals surface area (Å²) in [6.07, 6.45) is 1.20. The number of nitrogens with one attached hydrogen (secondary N) is 1. The number of esters is 1. The molecule has 0 saturated carbocycles. The quantitative estimate of drug-likeness (QED) is 0.0526. The van der Waals surface area contributed by atoms with Crippen LogP contribution in [0, 0.1) is 10.1 Å². The van der Waals surface area contributed by atoms with Crippen molar-refractivity contribution >= 4 is 60.2 Å². The Kier molecular flexibility index (Phi) is 15.6. The zero-order valence-corrected chi connectivity index (χ0v) is 28.2. The molecule has 0 fully saturated rings. The second kappa shape index (κ2) is 17.8. The van der Waals surface area contributed by atoms with Crippen LogP contribution in [-0.2, 0) is 19.5 Å². The third-order valence-corrected chi connectivity index (χ3v) is 6.85. The molecule has 0 bridgehead atoms. The molecule has 0 atom stereocenters. The summed E-state index contributed by atoms with van der Waals surface area (Å²) in [6.45, 7) is 5.26. The van der Waals surface area contributed by atoms with E-state index in [-0.39, 0.29) is 33.0 Å². The number of rotatable bonds is 9. The third kappa shape index (κ3) is 13.3. The summed E-state index contributed by atoms with van der Waals surface area (Å²) in [5.41, 5.74) is -0.812. The maximum atomic E-state index is 11.7. The molecule has 252 valence electrons. The summed E-state index contributed by atoms with van der Waals surface area (Å²) in [7, 11) is -2.96. The maximum Gasteiger partial charge on any atom is 0.345 e. The van der Waals surface area contributed by atoms with E-state index in [0.717, 1.165) is 17.9 Å². The Morgan fingerprint density at radius 3 is 2.28 bits per heavy atom. The lowest BCUT2D eigenvalue weighted by atomic mass is 9.93. The topological polar surface area (TPSA) is 259 Å². The highest BCUT2D eigenvalue weighted by Gasteiger charge is 2.23. The number of halogens is 2. The number of nitro benzene ring substituents is 1. The number of aliphatic carboxylic acids is 1. The average molecular weight is 726 g/mol. The Hall–Kier alpha value is -3.77. The van der Waals surface area contributed by atoms with Gasteiger partial charge in [0, 0.05) is 22.6 Å². The van der Waals surface area contributed by atoms with E-state index in [9.17, 15) is 29.1 Å². The van der Waals surface area contributed by atoms with Gasteiger partial charge in [-0.25, -0.2) is 4.79 Å². The molecule has 0 unspecified atom stereocenters. The van der Waals surface area contributed by atoms with Gasteiger partial charge in [0.15, 0.2) is 0 Å². The normalized spacial score (nSPS) is 10.9. The molecule has 3 aromatic rings. The van der Waals surface area contributed by atoms with Crippen LogP contribution < -0.4 is 21.5 Å². The number of nitro groups is 1. The van der Waals surface area contributed by atoms with Gasteiger partial charge in [0.05, 0.1) is 29.9 Å². The van der Waals surface area contributed by atoms with Gasteiger partial charge in [-0.15, -0.1) is 10.2 Å². The average Bonchev–Trinajstić information content (AvgIpc) is 2.94. The minimum Gasteiger partial charge on any atom is -0.480 e. The molecule has 17 nitrogen and oxygen atoms in total. The smallest absolute Gasteiger partial charge is 0.345 e. The van der Waals surface area contributed by atoms with Crippen molar-refractivity contribution in [3.05, 3.63) is 78.2 Å². The molecule has 0 saturated heterocycles. The fraction of sp³-hybridized carbons (Fsp3) is 0.320. The van der Waals surface area contributed by atoms with E-state index in [1.54, 1.807) is 18.4 Å². The summed E-state index contributed by atoms with van der Waals surface area (Å²) < 4.78 is 21.1.